The van der Waals surface area contributed by atoms with Crippen molar-refractivity contribution in [2.75, 3.05) is 5.75 Å². The maximum atomic E-state index is 13.5. The Morgan fingerprint density at radius 2 is 2.17 bits per heavy atom. The van der Waals surface area contributed by atoms with Gasteiger partial charge in [0.1, 0.15) is 11.6 Å². The molecule has 0 aromatic heterocycles. The van der Waals surface area contributed by atoms with E-state index in [9.17, 15) is 8.78 Å². The van der Waals surface area contributed by atoms with Gasteiger partial charge in [-0.05, 0) is 32.0 Å². The molecule has 2 rings (SSSR count). The van der Waals surface area contributed by atoms with E-state index < -0.39 is 11.6 Å². The van der Waals surface area contributed by atoms with Gasteiger partial charge in [-0.3, -0.25) is 10.4 Å². The van der Waals surface area contributed by atoms with Crippen LogP contribution in [0.3, 0.4) is 0 Å². The van der Waals surface area contributed by atoms with E-state index in [0.717, 1.165) is 18.2 Å². The van der Waals surface area contributed by atoms with Crippen molar-refractivity contribution in [2.45, 2.75) is 19.9 Å². The standard InChI is InChI=1S/C12H13F2N3S/c1-7(2)15-12-17-16-11(6-18-12)9-5-8(13)3-4-10(9)14/h3-5,7H,6H2,1-2H3,(H,15,17). The third-order valence-corrected chi connectivity index (χ3v) is 3.13. The summed E-state index contributed by atoms with van der Waals surface area (Å²) in [4.78, 5) is 4.30. The Hall–Kier alpha value is -1.43. The van der Waals surface area contributed by atoms with Crippen LogP contribution < -0.4 is 5.43 Å². The minimum atomic E-state index is -0.472. The van der Waals surface area contributed by atoms with Gasteiger partial charge in [0.05, 0.1) is 5.71 Å². The Morgan fingerprint density at radius 3 is 2.78 bits per heavy atom. The van der Waals surface area contributed by atoms with Gasteiger partial charge in [-0.1, -0.05) is 11.8 Å². The van der Waals surface area contributed by atoms with Gasteiger partial charge in [-0.15, -0.1) is 0 Å². The number of thioether (sulfide) groups is 1. The van der Waals surface area contributed by atoms with Crippen LogP contribution in [0.25, 0.3) is 0 Å². The molecule has 6 heteroatoms. The Balaban J connectivity index is 2.22. The number of halogens is 2. The molecule has 0 atom stereocenters. The summed E-state index contributed by atoms with van der Waals surface area (Å²) in [6.45, 7) is 3.92. The lowest BCUT2D eigenvalue weighted by molar-refractivity contribution is 0.598. The number of nitrogens with one attached hydrogen (secondary N) is 1. The first-order valence-corrected chi connectivity index (χ1v) is 6.53. The molecule has 0 unspecified atom stereocenters. The highest BCUT2D eigenvalue weighted by atomic mass is 32.2. The Morgan fingerprint density at radius 1 is 1.39 bits per heavy atom. The maximum absolute atomic E-state index is 13.5. The summed E-state index contributed by atoms with van der Waals surface area (Å²) >= 11 is 1.43. The summed E-state index contributed by atoms with van der Waals surface area (Å²) in [6.07, 6.45) is 0. The SMILES string of the molecule is CC(C)N=C1NN=C(c2cc(F)ccc2F)CS1. The number of amidine groups is 1. The molecule has 3 nitrogen and oxygen atoms in total. The molecule has 96 valence electrons. The number of hydrogen-bond acceptors (Lipinski definition) is 3. The second-order valence-corrected chi connectivity index (χ2v) is 5.08. The number of aliphatic imine (C=N–C) groups is 1. The smallest absolute Gasteiger partial charge is 0.177 e. The molecular weight excluding hydrogens is 256 g/mol. The largest absolute Gasteiger partial charge is 0.258 e. The van der Waals surface area contributed by atoms with Gasteiger partial charge in [-0.25, -0.2) is 8.78 Å². The first-order chi connectivity index (χ1) is 8.56. The third-order valence-electron chi connectivity index (χ3n) is 2.25. The second kappa shape index (κ2) is 5.48. The van der Waals surface area contributed by atoms with Gasteiger partial charge in [0, 0.05) is 17.4 Å². The first kappa shape index (κ1) is 13.0. The topological polar surface area (TPSA) is 36.8 Å². The van der Waals surface area contributed by atoms with Crippen LogP contribution in [0.5, 0.6) is 0 Å². The van der Waals surface area contributed by atoms with Crippen LogP contribution >= 0.6 is 11.8 Å². The predicted molar refractivity (Wildman–Crippen MR) is 71.1 cm³/mol. The fraction of sp³-hybridized carbons (Fsp3) is 0.333. The molecule has 0 amide bonds. The maximum Gasteiger partial charge on any atom is 0.177 e. The zero-order valence-corrected chi connectivity index (χ0v) is 10.9. The molecule has 0 saturated heterocycles. The molecule has 0 saturated carbocycles. The van der Waals surface area contributed by atoms with Gasteiger partial charge < -0.3 is 0 Å². The van der Waals surface area contributed by atoms with E-state index in [-0.39, 0.29) is 11.6 Å². The number of hydrogen-bond donors (Lipinski definition) is 1. The molecule has 0 bridgehead atoms. The minimum absolute atomic E-state index is 0.169. The molecule has 0 fully saturated rings. The van der Waals surface area contributed by atoms with Crippen molar-refractivity contribution in [3.8, 4) is 0 Å². The lowest BCUT2D eigenvalue weighted by Crippen LogP contribution is -2.26. The number of nitrogens with zero attached hydrogens (tertiary/aromatic N) is 2. The first-order valence-electron chi connectivity index (χ1n) is 5.55. The van der Waals surface area contributed by atoms with Crippen molar-refractivity contribution in [2.24, 2.45) is 10.1 Å². The van der Waals surface area contributed by atoms with Crippen LogP contribution in [-0.4, -0.2) is 22.7 Å². The molecule has 1 aromatic carbocycles. The van der Waals surface area contributed by atoms with Gasteiger partial charge in [0.15, 0.2) is 5.17 Å². The van der Waals surface area contributed by atoms with Crippen molar-refractivity contribution in [1.82, 2.24) is 5.43 Å². The van der Waals surface area contributed by atoms with Crippen LogP contribution in [0.4, 0.5) is 8.78 Å². The summed E-state index contributed by atoms with van der Waals surface area (Å²) in [7, 11) is 0. The van der Waals surface area contributed by atoms with Crippen molar-refractivity contribution in [1.29, 1.82) is 0 Å². The van der Waals surface area contributed by atoms with E-state index in [4.69, 9.17) is 0 Å². The van der Waals surface area contributed by atoms with E-state index in [0.29, 0.717) is 16.6 Å². The fourth-order valence-corrected chi connectivity index (χ4v) is 2.36. The zero-order chi connectivity index (χ0) is 13.1. The monoisotopic (exact) mass is 269 g/mol. The summed E-state index contributed by atoms with van der Waals surface area (Å²) in [6, 6.07) is 3.52. The number of hydrazone groups is 1. The summed E-state index contributed by atoms with van der Waals surface area (Å²) in [5, 5.41) is 4.74. The van der Waals surface area contributed by atoms with Crippen LogP contribution in [0.15, 0.2) is 28.3 Å². The lowest BCUT2D eigenvalue weighted by atomic mass is 10.1. The zero-order valence-electron chi connectivity index (χ0n) is 10.1. The summed E-state index contributed by atoms with van der Waals surface area (Å²) < 4.78 is 26.6. The molecule has 1 heterocycles. The van der Waals surface area contributed by atoms with Gasteiger partial charge >= 0.3 is 0 Å². The molecule has 1 N–H and O–H groups in total. The Bertz CT molecular complexity index is 512. The summed E-state index contributed by atoms with van der Waals surface area (Å²) in [5.41, 5.74) is 3.44. The lowest BCUT2D eigenvalue weighted by Gasteiger charge is -2.16. The van der Waals surface area contributed by atoms with Crippen molar-refractivity contribution < 1.29 is 8.78 Å². The van der Waals surface area contributed by atoms with Crippen LogP contribution in [-0.2, 0) is 0 Å². The van der Waals surface area contributed by atoms with E-state index in [1.54, 1.807) is 0 Å². The second-order valence-electron chi connectivity index (χ2n) is 4.11. The highest BCUT2D eigenvalue weighted by molar-refractivity contribution is 8.14. The number of rotatable bonds is 2. The normalized spacial score (nSPS) is 17.8. The van der Waals surface area contributed by atoms with Gasteiger partial charge in [-0.2, -0.15) is 5.10 Å². The van der Waals surface area contributed by atoms with Crippen molar-refractivity contribution >= 4 is 22.6 Å². The molecular formula is C12H13F2N3S. The summed E-state index contributed by atoms with van der Waals surface area (Å²) in [5.74, 6) is -0.471. The molecule has 1 aliphatic heterocycles. The Labute approximate surface area is 108 Å². The average molecular weight is 269 g/mol. The van der Waals surface area contributed by atoms with E-state index in [1.165, 1.54) is 11.8 Å². The average Bonchev–Trinajstić information content (AvgIpc) is 2.33. The Kier molecular flexibility index (Phi) is 3.96. The van der Waals surface area contributed by atoms with E-state index >= 15 is 0 Å². The molecule has 0 spiro atoms. The molecule has 0 aliphatic carbocycles. The fourth-order valence-electron chi connectivity index (χ4n) is 1.47. The molecule has 0 radical (unpaired) electrons. The third kappa shape index (κ3) is 3.07. The quantitative estimate of drug-likeness (QED) is 0.896. The van der Waals surface area contributed by atoms with Crippen molar-refractivity contribution in [3.05, 3.63) is 35.4 Å². The van der Waals surface area contributed by atoms with E-state index in [1.807, 2.05) is 13.8 Å². The highest BCUT2D eigenvalue weighted by Crippen LogP contribution is 2.17. The molecule has 1 aliphatic rings. The highest BCUT2D eigenvalue weighted by Gasteiger charge is 2.16. The molecule has 18 heavy (non-hydrogen) atoms. The molecule has 1 aromatic rings. The minimum Gasteiger partial charge on any atom is -0.258 e. The van der Waals surface area contributed by atoms with E-state index in [2.05, 4.69) is 15.5 Å². The van der Waals surface area contributed by atoms with Gasteiger partial charge in [0.2, 0.25) is 0 Å². The van der Waals surface area contributed by atoms with Gasteiger partial charge in [0.25, 0.3) is 0 Å². The number of benzene rings is 1. The van der Waals surface area contributed by atoms with Crippen LogP contribution in [0, 0.1) is 11.6 Å². The van der Waals surface area contributed by atoms with Crippen molar-refractivity contribution in [3.63, 3.8) is 0 Å². The predicted octanol–water partition coefficient (Wildman–Crippen LogP) is 2.77. The van der Waals surface area contributed by atoms with Crippen LogP contribution in [0.1, 0.15) is 19.4 Å². The van der Waals surface area contributed by atoms with Crippen LogP contribution in [0.2, 0.25) is 0 Å².